The average Bonchev–Trinajstić information content (AvgIpc) is 3.41. The first-order valence-electron chi connectivity index (χ1n) is 12.8. The molecule has 36 heavy (non-hydrogen) atoms. The Morgan fingerprint density at radius 1 is 0.972 bits per heavy atom. The van der Waals surface area contributed by atoms with Gasteiger partial charge in [-0.3, -0.25) is 4.90 Å². The summed E-state index contributed by atoms with van der Waals surface area (Å²) >= 11 is 6.61. The molecule has 1 aromatic heterocycles. The van der Waals surface area contributed by atoms with Crippen LogP contribution in [0.25, 0.3) is 22.6 Å². The predicted octanol–water partition coefficient (Wildman–Crippen LogP) is 6.59. The van der Waals surface area contributed by atoms with E-state index in [1.165, 1.54) is 42.7 Å². The van der Waals surface area contributed by atoms with E-state index in [0.717, 1.165) is 47.8 Å². The molecule has 2 aliphatic rings. The van der Waals surface area contributed by atoms with Crippen molar-refractivity contribution in [2.24, 2.45) is 0 Å². The van der Waals surface area contributed by atoms with Gasteiger partial charge in [0.2, 0.25) is 0 Å². The molecule has 0 radical (unpaired) electrons. The van der Waals surface area contributed by atoms with Crippen molar-refractivity contribution in [2.75, 3.05) is 32.0 Å². The van der Waals surface area contributed by atoms with Gasteiger partial charge in [-0.2, -0.15) is 0 Å². The number of anilines is 2. The second-order valence-corrected chi connectivity index (χ2v) is 10.4. The lowest BCUT2D eigenvalue weighted by Crippen LogP contribution is -2.45. The highest BCUT2D eigenvalue weighted by atomic mass is 35.5. The molecule has 5 nitrogen and oxygen atoms in total. The van der Waals surface area contributed by atoms with E-state index < -0.39 is 0 Å². The van der Waals surface area contributed by atoms with Crippen molar-refractivity contribution in [3.8, 4) is 22.6 Å². The molecule has 0 unspecified atom stereocenters. The van der Waals surface area contributed by atoms with Crippen molar-refractivity contribution in [1.82, 2.24) is 19.8 Å². The van der Waals surface area contributed by atoms with Crippen molar-refractivity contribution in [3.05, 3.63) is 89.1 Å². The summed E-state index contributed by atoms with van der Waals surface area (Å²) in [6.45, 7) is 4.58. The van der Waals surface area contributed by atoms with Crippen molar-refractivity contribution in [3.63, 3.8) is 0 Å². The molecule has 0 saturated carbocycles. The highest BCUT2D eigenvalue weighted by Gasteiger charge is 2.27. The van der Waals surface area contributed by atoms with Gasteiger partial charge >= 0.3 is 0 Å². The van der Waals surface area contributed by atoms with E-state index in [2.05, 4.69) is 68.5 Å². The van der Waals surface area contributed by atoms with Crippen LogP contribution in [0.2, 0.25) is 5.02 Å². The Bertz CT molecular complexity index is 1340. The smallest absolute Gasteiger partial charge is 0.139 e. The van der Waals surface area contributed by atoms with E-state index >= 15 is 0 Å². The van der Waals surface area contributed by atoms with Crippen LogP contribution in [0.5, 0.6) is 0 Å². The summed E-state index contributed by atoms with van der Waals surface area (Å²) in [7, 11) is 2.23. The molecule has 2 N–H and O–H groups in total. The van der Waals surface area contributed by atoms with Crippen molar-refractivity contribution < 1.29 is 0 Å². The van der Waals surface area contributed by atoms with Gasteiger partial charge in [-0.1, -0.05) is 54.1 Å². The van der Waals surface area contributed by atoms with Crippen LogP contribution in [0.1, 0.15) is 24.0 Å². The number of hydrogen-bond acceptors (Lipinski definition) is 4. The Kier molecular flexibility index (Phi) is 6.53. The Morgan fingerprint density at radius 3 is 2.64 bits per heavy atom. The lowest BCUT2D eigenvalue weighted by Gasteiger charge is -2.40. The molecule has 0 spiro atoms. The van der Waals surface area contributed by atoms with Crippen LogP contribution in [-0.4, -0.2) is 52.5 Å². The minimum absolute atomic E-state index is 0.679. The van der Waals surface area contributed by atoms with Crippen LogP contribution in [0.4, 0.5) is 11.4 Å². The molecule has 0 bridgehead atoms. The first-order chi connectivity index (χ1) is 17.6. The topological polar surface area (TPSA) is 47.2 Å². The summed E-state index contributed by atoms with van der Waals surface area (Å²) in [5.41, 5.74) is 8.05. The molecule has 0 amide bonds. The highest BCUT2D eigenvalue weighted by Crippen LogP contribution is 2.34. The molecule has 2 aliphatic heterocycles. The molecule has 6 heteroatoms. The number of piperidine rings is 1. The maximum Gasteiger partial charge on any atom is 0.139 e. The Hall–Kier alpha value is -3.12. The first-order valence-corrected chi connectivity index (χ1v) is 13.2. The number of aromatic nitrogens is 2. The molecule has 0 atom stereocenters. The van der Waals surface area contributed by atoms with Gasteiger partial charge in [0.1, 0.15) is 5.82 Å². The van der Waals surface area contributed by atoms with Gasteiger partial charge in [-0.05, 0) is 80.4 Å². The second-order valence-electron chi connectivity index (χ2n) is 10.0. The third-order valence-corrected chi connectivity index (χ3v) is 7.99. The minimum Gasteiger partial charge on any atom is -0.355 e. The van der Waals surface area contributed by atoms with E-state index in [9.17, 15) is 0 Å². The average molecular weight is 498 g/mol. The fraction of sp³-hybridized carbons (Fsp3) is 0.300. The van der Waals surface area contributed by atoms with Gasteiger partial charge in [0.25, 0.3) is 0 Å². The van der Waals surface area contributed by atoms with Crippen LogP contribution in [0.3, 0.4) is 0 Å². The van der Waals surface area contributed by atoms with E-state index in [0.29, 0.717) is 11.1 Å². The van der Waals surface area contributed by atoms with E-state index in [1.54, 1.807) is 0 Å². The number of imidazole rings is 1. The molecule has 184 valence electrons. The zero-order valence-corrected chi connectivity index (χ0v) is 21.4. The summed E-state index contributed by atoms with van der Waals surface area (Å²) in [6, 6.07) is 23.7. The molecule has 3 heterocycles. The number of aromatic amines is 1. The number of likely N-dealkylation sites (tertiary alicyclic amines) is 1. The third-order valence-electron chi connectivity index (χ3n) is 7.66. The van der Waals surface area contributed by atoms with Crippen molar-refractivity contribution in [1.29, 1.82) is 0 Å². The molecule has 1 saturated heterocycles. The summed E-state index contributed by atoms with van der Waals surface area (Å²) in [5.74, 6) is 0.770. The summed E-state index contributed by atoms with van der Waals surface area (Å²) in [4.78, 5) is 13.2. The van der Waals surface area contributed by atoms with Crippen LogP contribution < -0.4 is 5.32 Å². The summed E-state index contributed by atoms with van der Waals surface area (Å²) in [6.07, 6.45) is 5.49. The Morgan fingerprint density at radius 2 is 1.81 bits per heavy atom. The maximum absolute atomic E-state index is 6.61. The standard InChI is InChI=1S/C30H32ClN5/c1-35-15-12-24(13-16-35)36-17-14-25-22(20-36)8-5-9-28(25)33-23-10-11-27(31)26(18-23)30-32-19-29(34-30)21-6-3-2-4-7-21/h2-11,18-19,24,33H,12-17,20H2,1H3,(H,32,34). The monoisotopic (exact) mass is 497 g/mol. The fourth-order valence-electron chi connectivity index (χ4n) is 5.58. The normalized spacial score (nSPS) is 17.2. The van der Waals surface area contributed by atoms with Gasteiger partial charge in [-0.25, -0.2) is 4.98 Å². The first kappa shape index (κ1) is 23.3. The molecule has 3 aromatic carbocycles. The second kappa shape index (κ2) is 10.1. The highest BCUT2D eigenvalue weighted by molar-refractivity contribution is 6.33. The number of nitrogens with one attached hydrogen (secondary N) is 2. The molecule has 0 aliphatic carbocycles. The number of halogens is 1. The largest absolute Gasteiger partial charge is 0.355 e. The third kappa shape index (κ3) is 4.79. The van der Waals surface area contributed by atoms with Crippen LogP contribution in [-0.2, 0) is 13.0 Å². The zero-order valence-electron chi connectivity index (χ0n) is 20.7. The quantitative estimate of drug-likeness (QED) is 0.326. The van der Waals surface area contributed by atoms with Crippen LogP contribution in [0, 0.1) is 0 Å². The van der Waals surface area contributed by atoms with Gasteiger partial charge < -0.3 is 15.2 Å². The number of nitrogens with zero attached hydrogens (tertiary/aromatic N) is 3. The number of H-pyrrole nitrogens is 1. The molecular formula is C30H32ClN5. The Balaban J connectivity index is 1.22. The molecule has 6 rings (SSSR count). The number of fused-ring (bicyclic) bond motifs is 1. The van der Waals surface area contributed by atoms with Crippen LogP contribution >= 0.6 is 11.6 Å². The van der Waals surface area contributed by atoms with E-state index in [4.69, 9.17) is 11.6 Å². The van der Waals surface area contributed by atoms with Gasteiger partial charge in [0.05, 0.1) is 16.9 Å². The lowest BCUT2D eigenvalue weighted by atomic mass is 9.94. The number of hydrogen-bond donors (Lipinski definition) is 2. The number of rotatable bonds is 5. The lowest BCUT2D eigenvalue weighted by molar-refractivity contribution is 0.110. The summed E-state index contributed by atoms with van der Waals surface area (Å²) in [5, 5.41) is 4.36. The Labute approximate surface area is 218 Å². The SMILES string of the molecule is CN1CCC(N2CCc3c(cccc3Nc3ccc(Cl)c(-c4ncc(-c5ccccc5)[nH]4)c3)C2)CC1. The van der Waals surface area contributed by atoms with Gasteiger partial charge in [0.15, 0.2) is 0 Å². The predicted molar refractivity (Wildman–Crippen MR) is 149 cm³/mol. The summed E-state index contributed by atoms with van der Waals surface area (Å²) < 4.78 is 0. The molecule has 1 fully saturated rings. The maximum atomic E-state index is 6.61. The fourth-order valence-corrected chi connectivity index (χ4v) is 5.79. The van der Waals surface area contributed by atoms with E-state index in [-0.39, 0.29) is 0 Å². The van der Waals surface area contributed by atoms with Crippen LogP contribution in [0.15, 0.2) is 72.9 Å². The molecule has 4 aromatic rings. The van der Waals surface area contributed by atoms with Gasteiger partial charge in [0, 0.05) is 36.1 Å². The van der Waals surface area contributed by atoms with Crippen molar-refractivity contribution in [2.45, 2.75) is 31.8 Å². The number of benzene rings is 3. The molecular weight excluding hydrogens is 466 g/mol. The van der Waals surface area contributed by atoms with Gasteiger partial charge in [-0.15, -0.1) is 0 Å². The van der Waals surface area contributed by atoms with E-state index in [1.807, 2.05) is 36.5 Å². The zero-order chi connectivity index (χ0) is 24.5. The minimum atomic E-state index is 0.679. The van der Waals surface area contributed by atoms with Crippen molar-refractivity contribution >= 4 is 23.0 Å².